The van der Waals surface area contributed by atoms with Crippen LogP contribution in [-0.2, 0) is 11.2 Å². The van der Waals surface area contributed by atoms with Crippen LogP contribution in [0.3, 0.4) is 0 Å². The zero-order valence-electron chi connectivity index (χ0n) is 18.8. The van der Waals surface area contributed by atoms with Gasteiger partial charge in [0.05, 0.1) is 0 Å². The Labute approximate surface area is 189 Å². The Balaban J connectivity index is 1.22. The molecule has 5 unspecified atom stereocenters. The fourth-order valence-corrected chi connectivity index (χ4v) is 5.76. The molecule has 2 N–H and O–H groups in total. The lowest BCUT2D eigenvalue weighted by Crippen LogP contribution is -2.50. The first-order valence-corrected chi connectivity index (χ1v) is 12.1. The fourth-order valence-electron chi connectivity index (χ4n) is 5.76. The number of hydrogen-bond donors (Lipinski definition) is 2. The summed E-state index contributed by atoms with van der Waals surface area (Å²) in [5.74, 6) is 1.41. The number of amides is 1. The van der Waals surface area contributed by atoms with Gasteiger partial charge in [-0.05, 0) is 73.8 Å². The number of piperidine rings is 1. The van der Waals surface area contributed by atoms with Crippen molar-refractivity contribution in [3.63, 3.8) is 0 Å². The molecule has 5 nitrogen and oxygen atoms in total. The van der Waals surface area contributed by atoms with Crippen molar-refractivity contribution in [2.75, 3.05) is 13.1 Å². The Kier molecular flexibility index (Phi) is 6.24. The number of rotatable bonds is 4. The van der Waals surface area contributed by atoms with E-state index in [1.165, 1.54) is 18.6 Å². The number of nitrogens with one attached hydrogen (secondary N) is 2. The summed E-state index contributed by atoms with van der Waals surface area (Å²) in [5, 5.41) is 0. The van der Waals surface area contributed by atoms with Gasteiger partial charge in [0.2, 0.25) is 5.91 Å². The molecule has 2 aliphatic heterocycles. The van der Waals surface area contributed by atoms with Crippen molar-refractivity contribution in [3.8, 4) is 0 Å². The number of carbonyl (C=O) groups excluding carboxylic acids is 1. The molecule has 1 saturated carbocycles. The fraction of sp³-hybridized carbons (Fsp3) is 0.538. The molecule has 1 aromatic carbocycles. The summed E-state index contributed by atoms with van der Waals surface area (Å²) < 4.78 is 13.1. The second kappa shape index (κ2) is 9.28. The van der Waals surface area contributed by atoms with E-state index in [0.29, 0.717) is 17.9 Å². The molecule has 3 fully saturated rings. The summed E-state index contributed by atoms with van der Waals surface area (Å²) in [6, 6.07) is 11.2. The van der Waals surface area contributed by atoms with Gasteiger partial charge in [-0.25, -0.2) is 9.82 Å². The molecule has 170 valence electrons. The molecule has 1 amide bonds. The third-order valence-corrected chi connectivity index (χ3v) is 7.60. The van der Waals surface area contributed by atoms with E-state index in [0.717, 1.165) is 62.0 Å². The Morgan fingerprint density at radius 3 is 2.69 bits per heavy atom. The lowest BCUT2D eigenvalue weighted by Gasteiger charge is -2.36. The SMILES string of the molecule is CC1CCC2NNC(C(=O)N3CCCC(c4ccc(Cc5ccc(F)cc5)cn4)C3)C2C1. The van der Waals surface area contributed by atoms with E-state index in [4.69, 9.17) is 4.98 Å². The first-order chi connectivity index (χ1) is 15.6. The molecule has 1 aromatic heterocycles. The van der Waals surface area contributed by atoms with Gasteiger partial charge in [-0.15, -0.1) is 0 Å². The van der Waals surface area contributed by atoms with Crippen molar-refractivity contribution >= 4 is 5.91 Å². The topological polar surface area (TPSA) is 57.3 Å². The number of hydrazine groups is 1. The van der Waals surface area contributed by atoms with Crippen LogP contribution in [0.4, 0.5) is 4.39 Å². The van der Waals surface area contributed by atoms with Crippen molar-refractivity contribution in [3.05, 3.63) is 65.2 Å². The summed E-state index contributed by atoms with van der Waals surface area (Å²) in [6.07, 6.45) is 8.26. The number of hydrogen-bond acceptors (Lipinski definition) is 4. The van der Waals surface area contributed by atoms with Crippen LogP contribution in [0.25, 0.3) is 0 Å². The van der Waals surface area contributed by atoms with Gasteiger partial charge in [0, 0.05) is 42.9 Å². The molecule has 2 aromatic rings. The zero-order valence-corrected chi connectivity index (χ0v) is 18.8. The molecule has 0 bridgehead atoms. The second-order valence-corrected chi connectivity index (χ2v) is 9.97. The highest BCUT2D eigenvalue weighted by atomic mass is 19.1. The standard InChI is InChI=1S/C26H33FN4O/c1-17-4-10-24-22(13-17)25(30-29-24)26(32)31-12-2-3-20(16-31)23-11-7-19(15-28-23)14-18-5-8-21(27)9-6-18/h5-9,11,15,17,20,22,24-25,29-30H,2-4,10,12-14,16H2,1H3. The molecule has 32 heavy (non-hydrogen) atoms. The Morgan fingerprint density at radius 2 is 1.91 bits per heavy atom. The smallest absolute Gasteiger partial charge is 0.241 e. The average Bonchev–Trinajstić information content (AvgIpc) is 3.24. The van der Waals surface area contributed by atoms with Crippen LogP contribution < -0.4 is 10.9 Å². The molecule has 3 aliphatic rings. The van der Waals surface area contributed by atoms with Crippen molar-refractivity contribution in [2.45, 2.75) is 63.5 Å². The van der Waals surface area contributed by atoms with Crippen LogP contribution in [0.5, 0.6) is 0 Å². The minimum absolute atomic E-state index is 0.104. The van der Waals surface area contributed by atoms with Crippen LogP contribution in [0.2, 0.25) is 0 Å². The molecule has 0 radical (unpaired) electrons. The highest BCUT2D eigenvalue weighted by Gasteiger charge is 2.44. The Morgan fingerprint density at radius 1 is 1.09 bits per heavy atom. The third-order valence-electron chi connectivity index (χ3n) is 7.60. The van der Waals surface area contributed by atoms with E-state index < -0.39 is 0 Å². The summed E-state index contributed by atoms with van der Waals surface area (Å²) in [7, 11) is 0. The number of nitrogens with zero attached hydrogens (tertiary/aromatic N) is 2. The maximum Gasteiger partial charge on any atom is 0.241 e. The van der Waals surface area contributed by atoms with E-state index >= 15 is 0 Å². The number of halogens is 1. The molecular formula is C26H33FN4O. The highest BCUT2D eigenvalue weighted by Crippen LogP contribution is 2.35. The van der Waals surface area contributed by atoms with Gasteiger partial charge in [0.1, 0.15) is 11.9 Å². The second-order valence-electron chi connectivity index (χ2n) is 9.97. The molecule has 0 spiro atoms. The van der Waals surface area contributed by atoms with Gasteiger partial charge < -0.3 is 4.90 Å². The van der Waals surface area contributed by atoms with E-state index in [9.17, 15) is 9.18 Å². The Bertz CT molecular complexity index is 932. The van der Waals surface area contributed by atoms with Crippen molar-refractivity contribution in [2.24, 2.45) is 11.8 Å². The zero-order chi connectivity index (χ0) is 22.1. The number of aromatic nitrogens is 1. The van der Waals surface area contributed by atoms with Crippen LogP contribution in [0.15, 0.2) is 42.6 Å². The first-order valence-electron chi connectivity index (χ1n) is 12.1. The normalized spacial score (nSPS) is 30.2. The van der Waals surface area contributed by atoms with E-state index in [-0.39, 0.29) is 23.7 Å². The quantitative estimate of drug-likeness (QED) is 0.766. The van der Waals surface area contributed by atoms with Crippen molar-refractivity contribution in [1.29, 1.82) is 0 Å². The molecule has 5 atom stereocenters. The maximum atomic E-state index is 13.4. The number of likely N-dealkylation sites (tertiary alicyclic amines) is 1. The lowest BCUT2D eigenvalue weighted by atomic mass is 9.76. The summed E-state index contributed by atoms with van der Waals surface area (Å²) >= 11 is 0. The van der Waals surface area contributed by atoms with Crippen LogP contribution >= 0.6 is 0 Å². The molecular weight excluding hydrogens is 403 g/mol. The van der Waals surface area contributed by atoms with Crippen LogP contribution in [-0.4, -0.2) is 41.0 Å². The summed E-state index contributed by atoms with van der Waals surface area (Å²) in [6.45, 7) is 3.88. The predicted molar refractivity (Wildman–Crippen MR) is 122 cm³/mol. The first kappa shape index (κ1) is 21.5. The Hall–Kier alpha value is -2.31. The number of carbonyl (C=O) groups is 1. The minimum Gasteiger partial charge on any atom is -0.341 e. The third kappa shape index (κ3) is 4.57. The molecule has 2 saturated heterocycles. The molecule has 5 rings (SSSR count). The monoisotopic (exact) mass is 436 g/mol. The average molecular weight is 437 g/mol. The van der Waals surface area contributed by atoms with E-state index in [1.807, 2.05) is 18.3 Å². The maximum absolute atomic E-state index is 13.4. The van der Waals surface area contributed by atoms with Gasteiger partial charge in [0.15, 0.2) is 0 Å². The van der Waals surface area contributed by atoms with E-state index in [1.54, 1.807) is 0 Å². The number of benzene rings is 1. The molecule has 6 heteroatoms. The van der Waals surface area contributed by atoms with Gasteiger partial charge in [-0.2, -0.15) is 0 Å². The molecule has 1 aliphatic carbocycles. The van der Waals surface area contributed by atoms with Gasteiger partial charge in [0.25, 0.3) is 0 Å². The lowest BCUT2D eigenvalue weighted by molar-refractivity contribution is -0.135. The summed E-state index contributed by atoms with van der Waals surface area (Å²) in [5.41, 5.74) is 9.96. The van der Waals surface area contributed by atoms with Gasteiger partial charge in [-0.3, -0.25) is 15.2 Å². The minimum atomic E-state index is -0.212. The van der Waals surface area contributed by atoms with Crippen molar-refractivity contribution in [1.82, 2.24) is 20.7 Å². The number of fused-ring (bicyclic) bond motifs is 1. The van der Waals surface area contributed by atoms with Crippen LogP contribution in [0, 0.1) is 17.7 Å². The largest absolute Gasteiger partial charge is 0.341 e. The van der Waals surface area contributed by atoms with Crippen molar-refractivity contribution < 1.29 is 9.18 Å². The predicted octanol–water partition coefficient (Wildman–Crippen LogP) is 3.80. The molecule has 3 heterocycles. The summed E-state index contributed by atoms with van der Waals surface area (Å²) in [4.78, 5) is 20.2. The van der Waals surface area contributed by atoms with Crippen LogP contribution in [0.1, 0.15) is 61.8 Å². The van der Waals surface area contributed by atoms with E-state index in [2.05, 4.69) is 34.8 Å². The number of pyridine rings is 1. The van der Waals surface area contributed by atoms with Gasteiger partial charge >= 0.3 is 0 Å². The van der Waals surface area contributed by atoms with Gasteiger partial charge in [-0.1, -0.05) is 25.1 Å². The highest BCUT2D eigenvalue weighted by molar-refractivity contribution is 5.83.